The molecule has 0 atom stereocenters. The van der Waals surface area contributed by atoms with Crippen molar-refractivity contribution in [2.45, 2.75) is 12.6 Å². The Morgan fingerprint density at radius 3 is 2.55 bits per heavy atom. The molecule has 0 aliphatic carbocycles. The van der Waals surface area contributed by atoms with Gasteiger partial charge >= 0.3 is 6.18 Å². The molecule has 9 heteroatoms. The lowest BCUT2D eigenvalue weighted by molar-refractivity contribution is -0.132. The van der Waals surface area contributed by atoms with Crippen LogP contribution in [0, 0.1) is 0 Å². The van der Waals surface area contributed by atoms with Crippen molar-refractivity contribution in [3.8, 4) is 5.75 Å². The van der Waals surface area contributed by atoms with E-state index in [9.17, 15) is 13.2 Å². The number of halogens is 5. The molecule has 1 rings (SSSR count). The number of alkyl halides is 3. The number of ether oxygens (including phenoxy) is 1. The molecule has 0 fully saturated rings. The minimum atomic E-state index is -4.17. The van der Waals surface area contributed by atoms with Gasteiger partial charge in [-0.3, -0.25) is 4.99 Å². The van der Waals surface area contributed by atoms with Crippen LogP contribution in [-0.4, -0.2) is 38.9 Å². The van der Waals surface area contributed by atoms with Gasteiger partial charge < -0.3 is 15.4 Å². The zero-order chi connectivity index (χ0) is 15.7. The number of benzene rings is 1. The Morgan fingerprint density at radius 2 is 1.95 bits per heavy atom. The lowest BCUT2D eigenvalue weighted by Gasteiger charge is -2.13. The molecule has 1 aromatic rings. The molecule has 0 unspecified atom stereocenters. The molecule has 0 aromatic heterocycles. The predicted octanol–water partition coefficient (Wildman–Crippen LogP) is 3.56. The first-order valence-corrected chi connectivity index (χ1v) is 7.09. The highest BCUT2D eigenvalue weighted by molar-refractivity contribution is 14.0. The standard InChI is InChI=1S/C13H17BrF3N3O.HI/c1-18-12(19-6-5-13(15,16)17)20-7-8-21-11-4-2-3-10(14)9-11;/h2-4,9H,5-8H2,1H3,(H2,18,19,20);1H. The first kappa shape index (κ1) is 21.3. The second-order valence-electron chi connectivity index (χ2n) is 4.10. The van der Waals surface area contributed by atoms with Crippen molar-refractivity contribution >= 4 is 45.9 Å². The summed E-state index contributed by atoms with van der Waals surface area (Å²) in [7, 11) is 1.50. The number of aliphatic imine (C=N–C) groups is 1. The lowest BCUT2D eigenvalue weighted by Crippen LogP contribution is -2.40. The summed E-state index contributed by atoms with van der Waals surface area (Å²) >= 11 is 3.33. The first-order valence-electron chi connectivity index (χ1n) is 6.30. The number of hydrogen-bond acceptors (Lipinski definition) is 2. The van der Waals surface area contributed by atoms with E-state index in [1.807, 2.05) is 24.3 Å². The van der Waals surface area contributed by atoms with Crippen LogP contribution in [0.3, 0.4) is 0 Å². The van der Waals surface area contributed by atoms with Gasteiger partial charge in [-0.15, -0.1) is 24.0 Å². The average Bonchev–Trinajstić information content (AvgIpc) is 2.40. The van der Waals surface area contributed by atoms with E-state index < -0.39 is 12.6 Å². The van der Waals surface area contributed by atoms with Gasteiger partial charge in [-0.2, -0.15) is 13.2 Å². The van der Waals surface area contributed by atoms with E-state index in [4.69, 9.17) is 4.74 Å². The Balaban J connectivity index is 0.00000441. The van der Waals surface area contributed by atoms with Crippen molar-refractivity contribution in [2.24, 2.45) is 4.99 Å². The van der Waals surface area contributed by atoms with E-state index in [2.05, 4.69) is 31.6 Å². The number of guanidine groups is 1. The van der Waals surface area contributed by atoms with Crippen molar-refractivity contribution in [2.75, 3.05) is 26.7 Å². The fourth-order valence-electron chi connectivity index (χ4n) is 1.44. The predicted molar refractivity (Wildman–Crippen MR) is 95.1 cm³/mol. The van der Waals surface area contributed by atoms with E-state index in [0.29, 0.717) is 24.9 Å². The maximum Gasteiger partial charge on any atom is 0.390 e. The summed E-state index contributed by atoms with van der Waals surface area (Å²) in [5.74, 6) is 1.03. The minimum absolute atomic E-state index is 0. The van der Waals surface area contributed by atoms with Gasteiger partial charge in [0, 0.05) is 18.1 Å². The zero-order valence-corrected chi connectivity index (χ0v) is 15.8. The van der Waals surface area contributed by atoms with E-state index in [-0.39, 0.29) is 30.5 Å². The van der Waals surface area contributed by atoms with E-state index in [1.165, 1.54) is 7.05 Å². The van der Waals surface area contributed by atoms with Crippen molar-refractivity contribution in [1.82, 2.24) is 10.6 Å². The monoisotopic (exact) mass is 495 g/mol. The van der Waals surface area contributed by atoms with Crippen molar-refractivity contribution < 1.29 is 17.9 Å². The molecule has 1 aromatic carbocycles. The third kappa shape index (κ3) is 10.1. The van der Waals surface area contributed by atoms with Gasteiger partial charge in [0.2, 0.25) is 0 Å². The molecule has 0 saturated heterocycles. The normalized spacial score (nSPS) is 11.6. The van der Waals surface area contributed by atoms with Crippen LogP contribution >= 0.6 is 39.9 Å². The summed E-state index contributed by atoms with van der Waals surface area (Å²) in [6.07, 6.45) is -5.07. The fraction of sp³-hybridized carbons (Fsp3) is 0.462. The zero-order valence-electron chi connectivity index (χ0n) is 11.9. The number of rotatable bonds is 6. The number of hydrogen-bond donors (Lipinski definition) is 2. The van der Waals surface area contributed by atoms with E-state index >= 15 is 0 Å². The third-order valence-corrected chi connectivity index (χ3v) is 2.88. The van der Waals surface area contributed by atoms with Crippen LogP contribution in [-0.2, 0) is 0 Å². The maximum absolute atomic E-state index is 12.0. The molecule has 0 spiro atoms. The van der Waals surface area contributed by atoms with Gasteiger partial charge in [-0.25, -0.2) is 0 Å². The summed E-state index contributed by atoms with van der Waals surface area (Å²) < 4.78 is 42.4. The Bertz CT molecular complexity index is 472. The first-order chi connectivity index (χ1) is 9.90. The molecule has 0 bridgehead atoms. The molecular formula is C13H18BrF3IN3O. The van der Waals surface area contributed by atoms with Crippen LogP contribution in [0.4, 0.5) is 13.2 Å². The smallest absolute Gasteiger partial charge is 0.390 e. The van der Waals surface area contributed by atoms with E-state index in [1.54, 1.807) is 0 Å². The highest BCUT2D eigenvalue weighted by Crippen LogP contribution is 2.18. The SMILES string of the molecule is CN=C(NCCOc1cccc(Br)c1)NCCC(F)(F)F.I. The molecule has 0 amide bonds. The third-order valence-electron chi connectivity index (χ3n) is 2.38. The van der Waals surface area contributed by atoms with E-state index in [0.717, 1.165) is 4.47 Å². The largest absolute Gasteiger partial charge is 0.492 e. The van der Waals surface area contributed by atoms with Gasteiger partial charge in [0.1, 0.15) is 12.4 Å². The molecule has 0 aliphatic rings. The van der Waals surface area contributed by atoms with Crippen LogP contribution < -0.4 is 15.4 Å². The van der Waals surface area contributed by atoms with Crippen molar-refractivity contribution in [1.29, 1.82) is 0 Å². The molecule has 4 nitrogen and oxygen atoms in total. The molecule has 0 saturated carbocycles. The second-order valence-corrected chi connectivity index (χ2v) is 5.01. The molecule has 0 heterocycles. The van der Waals surface area contributed by atoms with Crippen LogP contribution in [0.15, 0.2) is 33.7 Å². The second kappa shape index (κ2) is 10.9. The van der Waals surface area contributed by atoms with Gasteiger partial charge in [-0.05, 0) is 18.2 Å². The van der Waals surface area contributed by atoms with Crippen molar-refractivity contribution in [3.05, 3.63) is 28.7 Å². The molecule has 0 radical (unpaired) electrons. The molecule has 0 aliphatic heterocycles. The van der Waals surface area contributed by atoms with Crippen LogP contribution in [0.2, 0.25) is 0 Å². The van der Waals surface area contributed by atoms with Crippen LogP contribution in [0.1, 0.15) is 6.42 Å². The maximum atomic E-state index is 12.0. The highest BCUT2D eigenvalue weighted by atomic mass is 127. The summed E-state index contributed by atoms with van der Waals surface area (Å²) in [4.78, 5) is 3.83. The number of nitrogens with one attached hydrogen (secondary N) is 2. The molecule has 126 valence electrons. The Morgan fingerprint density at radius 1 is 1.27 bits per heavy atom. The summed E-state index contributed by atoms with van der Waals surface area (Å²) in [6, 6.07) is 7.39. The summed E-state index contributed by atoms with van der Waals surface area (Å²) in [5.41, 5.74) is 0. The number of nitrogens with zero attached hydrogens (tertiary/aromatic N) is 1. The van der Waals surface area contributed by atoms with Crippen LogP contribution in [0.5, 0.6) is 5.75 Å². The highest BCUT2D eigenvalue weighted by Gasteiger charge is 2.26. The van der Waals surface area contributed by atoms with Gasteiger partial charge in [0.25, 0.3) is 0 Å². The van der Waals surface area contributed by atoms with Crippen LogP contribution in [0.25, 0.3) is 0 Å². The molecular weight excluding hydrogens is 478 g/mol. The van der Waals surface area contributed by atoms with Gasteiger partial charge in [0.15, 0.2) is 5.96 Å². The Labute approximate surface area is 153 Å². The summed E-state index contributed by atoms with van der Waals surface area (Å²) in [6.45, 7) is 0.588. The summed E-state index contributed by atoms with van der Waals surface area (Å²) in [5, 5.41) is 5.46. The fourth-order valence-corrected chi connectivity index (χ4v) is 1.82. The average molecular weight is 496 g/mol. The van der Waals surface area contributed by atoms with Crippen molar-refractivity contribution in [3.63, 3.8) is 0 Å². The topological polar surface area (TPSA) is 45.7 Å². The van der Waals surface area contributed by atoms with Gasteiger partial charge in [0.05, 0.1) is 13.0 Å². The molecule has 2 N–H and O–H groups in total. The molecule has 22 heavy (non-hydrogen) atoms. The lowest BCUT2D eigenvalue weighted by atomic mass is 10.3. The Hall–Kier alpha value is -0.710. The Kier molecular flexibility index (Phi) is 10.6. The van der Waals surface area contributed by atoms with Gasteiger partial charge in [-0.1, -0.05) is 22.0 Å². The minimum Gasteiger partial charge on any atom is -0.492 e. The quantitative estimate of drug-likeness (QED) is 0.274.